The first-order valence-electron chi connectivity index (χ1n) is 5.19. The molecule has 14 heavy (non-hydrogen) atoms. The largest absolute Gasteiger partial charge is 0.384 e. The predicted octanol–water partition coefficient (Wildman–Crippen LogP) is 1.85. The molecule has 3 nitrogen and oxygen atoms in total. The quantitative estimate of drug-likeness (QED) is 0.357. The van der Waals surface area contributed by atoms with Crippen LogP contribution in [0.25, 0.3) is 0 Å². The molecule has 0 saturated carbocycles. The van der Waals surface area contributed by atoms with Gasteiger partial charge in [-0.25, -0.2) is 0 Å². The molecular weight excluding hydrogens is 176 g/mol. The number of hydrogen-bond acceptors (Lipinski definition) is 3. The number of hydrogen-bond donors (Lipinski definition) is 2. The van der Waals surface area contributed by atoms with Gasteiger partial charge < -0.3 is 4.74 Å². The van der Waals surface area contributed by atoms with Crippen LogP contribution in [0.4, 0.5) is 0 Å². The molecule has 2 atom stereocenters. The molecule has 0 saturated heterocycles. The van der Waals surface area contributed by atoms with Crippen molar-refractivity contribution in [1.82, 2.24) is 5.43 Å². The minimum atomic E-state index is 0.372. The molecular formula is C11H24N2O. The van der Waals surface area contributed by atoms with Crippen LogP contribution in [0.3, 0.4) is 0 Å². The zero-order valence-corrected chi connectivity index (χ0v) is 9.68. The van der Waals surface area contributed by atoms with Crippen molar-refractivity contribution in [3.8, 4) is 0 Å². The third kappa shape index (κ3) is 7.06. The van der Waals surface area contributed by atoms with E-state index < -0.39 is 0 Å². The van der Waals surface area contributed by atoms with Gasteiger partial charge in [-0.15, -0.1) is 6.58 Å². The SMILES string of the molecule is C=C(C)CCC(CC(C)COC)NN. The molecule has 0 aromatic carbocycles. The summed E-state index contributed by atoms with van der Waals surface area (Å²) in [6.45, 7) is 8.90. The Hall–Kier alpha value is -0.380. The number of methoxy groups -OCH3 is 1. The molecule has 0 fully saturated rings. The van der Waals surface area contributed by atoms with Crippen molar-refractivity contribution in [3.05, 3.63) is 12.2 Å². The number of nitrogens with one attached hydrogen (secondary N) is 1. The number of nitrogens with two attached hydrogens (primary N) is 1. The van der Waals surface area contributed by atoms with Crippen LogP contribution in [0.5, 0.6) is 0 Å². The van der Waals surface area contributed by atoms with Gasteiger partial charge in [0.1, 0.15) is 0 Å². The van der Waals surface area contributed by atoms with Crippen LogP contribution in [0.1, 0.15) is 33.1 Å². The van der Waals surface area contributed by atoms with Crippen LogP contribution in [0.15, 0.2) is 12.2 Å². The van der Waals surface area contributed by atoms with Gasteiger partial charge in [-0.1, -0.05) is 12.5 Å². The smallest absolute Gasteiger partial charge is 0.0488 e. The Balaban J connectivity index is 3.71. The van der Waals surface area contributed by atoms with Gasteiger partial charge in [0.2, 0.25) is 0 Å². The fraction of sp³-hybridized carbons (Fsp3) is 0.818. The first-order valence-corrected chi connectivity index (χ1v) is 5.19. The highest BCUT2D eigenvalue weighted by molar-refractivity contribution is 4.89. The second kappa shape index (κ2) is 7.97. The maximum Gasteiger partial charge on any atom is 0.0488 e. The van der Waals surface area contributed by atoms with Crippen molar-refractivity contribution in [2.45, 2.75) is 39.2 Å². The van der Waals surface area contributed by atoms with E-state index in [0.717, 1.165) is 25.9 Å². The third-order valence-electron chi connectivity index (χ3n) is 2.29. The molecule has 0 aliphatic heterocycles. The van der Waals surface area contributed by atoms with Gasteiger partial charge in [0.05, 0.1) is 0 Å². The van der Waals surface area contributed by atoms with E-state index in [-0.39, 0.29) is 0 Å². The summed E-state index contributed by atoms with van der Waals surface area (Å²) in [7, 11) is 1.73. The molecule has 0 radical (unpaired) electrons. The number of ether oxygens (including phenoxy) is 1. The van der Waals surface area contributed by atoms with Gasteiger partial charge in [0.15, 0.2) is 0 Å². The lowest BCUT2D eigenvalue weighted by molar-refractivity contribution is 0.148. The van der Waals surface area contributed by atoms with Gasteiger partial charge in [-0.05, 0) is 32.1 Å². The molecule has 0 spiro atoms. The molecule has 0 aliphatic rings. The van der Waals surface area contributed by atoms with Crippen LogP contribution >= 0.6 is 0 Å². The third-order valence-corrected chi connectivity index (χ3v) is 2.29. The van der Waals surface area contributed by atoms with Crippen molar-refractivity contribution in [1.29, 1.82) is 0 Å². The highest BCUT2D eigenvalue weighted by Gasteiger charge is 2.11. The van der Waals surface area contributed by atoms with Crippen molar-refractivity contribution in [2.24, 2.45) is 11.8 Å². The summed E-state index contributed by atoms with van der Waals surface area (Å²) >= 11 is 0. The van der Waals surface area contributed by atoms with E-state index in [9.17, 15) is 0 Å². The molecule has 3 heteroatoms. The lowest BCUT2D eigenvalue weighted by atomic mass is 9.98. The van der Waals surface area contributed by atoms with Gasteiger partial charge in [-0.2, -0.15) is 0 Å². The minimum absolute atomic E-state index is 0.372. The lowest BCUT2D eigenvalue weighted by Gasteiger charge is -2.19. The number of allylic oxidation sites excluding steroid dienone is 1. The van der Waals surface area contributed by atoms with Crippen molar-refractivity contribution in [3.63, 3.8) is 0 Å². The van der Waals surface area contributed by atoms with Gasteiger partial charge in [0, 0.05) is 19.8 Å². The van der Waals surface area contributed by atoms with Crippen molar-refractivity contribution in [2.75, 3.05) is 13.7 Å². The molecule has 0 heterocycles. The molecule has 0 rings (SSSR count). The van der Waals surface area contributed by atoms with Crippen LogP contribution in [-0.4, -0.2) is 19.8 Å². The Morgan fingerprint density at radius 3 is 2.64 bits per heavy atom. The maximum atomic E-state index is 5.48. The van der Waals surface area contributed by atoms with Crippen molar-refractivity contribution < 1.29 is 4.74 Å². The minimum Gasteiger partial charge on any atom is -0.384 e. The van der Waals surface area contributed by atoms with Crippen LogP contribution in [0.2, 0.25) is 0 Å². The maximum absolute atomic E-state index is 5.48. The summed E-state index contributed by atoms with van der Waals surface area (Å²) in [5.74, 6) is 6.03. The standard InChI is InChI=1S/C11H24N2O/c1-9(2)5-6-11(13-12)7-10(3)8-14-4/h10-11,13H,1,5-8,12H2,2-4H3. The second-order valence-corrected chi connectivity index (χ2v) is 4.16. The Labute approximate surface area is 87.7 Å². The Kier molecular flexibility index (Phi) is 7.76. The fourth-order valence-corrected chi connectivity index (χ4v) is 1.53. The van der Waals surface area contributed by atoms with Crippen LogP contribution in [-0.2, 0) is 4.74 Å². The summed E-state index contributed by atoms with van der Waals surface area (Å²) in [4.78, 5) is 0. The van der Waals surface area contributed by atoms with E-state index in [1.807, 2.05) is 6.92 Å². The van der Waals surface area contributed by atoms with Gasteiger partial charge >= 0.3 is 0 Å². The summed E-state index contributed by atoms with van der Waals surface area (Å²) < 4.78 is 5.09. The monoisotopic (exact) mass is 200 g/mol. The van der Waals surface area contributed by atoms with Crippen LogP contribution < -0.4 is 11.3 Å². The zero-order chi connectivity index (χ0) is 11.0. The molecule has 84 valence electrons. The molecule has 0 aliphatic carbocycles. The van der Waals surface area contributed by atoms with Crippen molar-refractivity contribution >= 4 is 0 Å². The van der Waals surface area contributed by atoms with Gasteiger partial charge in [0.25, 0.3) is 0 Å². The Bertz CT molecular complexity index is 159. The van der Waals surface area contributed by atoms with E-state index in [1.54, 1.807) is 7.11 Å². The second-order valence-electron chi connectivity index (χ2n) is 4.16. The Morgan fingerprint density at radius 2 is 2.21 bits per heavy atom. The first kappa shape index (κ1) is 13.6. The van der Waals surface area contributed by atoms with E-state index in [2.05, 4.69) is 18.9 Å². The predicted molar refractivity (Wildman–Crippen MR) is 60.8 cm³/mol. The van der Waals surface area contributed by atoms with E-state index in [0.29, 0.717) is 12.0 Å². The summed E-state index contributed by atoms with van der Waals surface area (Å²) in [5, 5.41) is 0. The molecule has 0 bridgehead atoms. The number of hydrazine groups is 1. The molecule has 0 amide bonds. The molecule has 2 unspecified atom stereocenters. The van der Waals surface area contributed by atoms with E-state index in [1.165, 1.54) is 5.57 Å². The molecule has 0 aromatic heterocycles. The Morgan fingerprint density at radius 1 is 1.57 bits per heavy atom. The summed E-state index contributed by atoms with van der Waals surface area (Å²) in [6, 6.07) is 0.372. The topological polar surface area (TPSA) is 47.3 Å². The average Bonchev–Trinajstić information content (AvgIpc) is 2.12. The van der Waals surface area contributed by atoms with Crippen LogP contribution in [0, 0.1) is 5.92 Å². The average molecular weight is 200 g/mol. The zero-order valence-electron chi connectivity index (χ0n) is 9.68. The fourth-order valence-electron chi connectivity index (χ4n) is 1.53. The molecule has 0 aromatic rings. The summed E-state index contributed by atoms with van der Waals surface area (Å²) in [5.41, 5.74) is 4.06. The van der Waals surface area contributed by atoms with Gasteiger partial charge in [-0.3, -0.25) is 11.3 Å². The first-order chi connectivity index (χ1) is 6.60. The highest BCUT2D eigenvalue weighted by Crippen LogP contribution is 2.12. The van der Waals surface area contributed by atoms with E-state index in [4.69, 9.17) is 10.6 Å². The lowest BCUT2D eigenvalue weighted by Crippen LogP contribution is -2.36. The normalized spacial score (nSPS) is 15.1. The highest BCUT2D eigenvalue weighted by atomic mass is 16.5. The number of rotatable bonds is 8. The van der Waals surface area contributed by atoms with E-state index >= 15 is 0 Å². The molecule has 3 N–H and O–H groups in total. The summed E-state index contributed by atoms with van der Waals surface area (Å²) in [6.07, 6.45) is 3.14.